The van der Waals surface area contributed by atoms with Gasteiger partial charge in [-0.15, -0.1) is 0 Å². The van der Waals surface area contributed by atoms with Crippen LogP contribution in [0.15, 0.2) is 11.1 Å². The van der Waals surface area contributed by atoms with E-state index in [2.05, 4.69) is 5.32 Å². The van der Waals surface area contributed by atoms with Crippen molar-refractivity contribution in [3.8, 4) is 0 Å². The zero-order valence-electron chi connectivity index (χ0n) is 9.47. The van der Waals surface area contributed by atoms with Gasteiger partial charge in [-0.1, -0.05) is 11.6 Å². The summed E-state index contributed by atoms with van der Waals surface area (Å²) in [5.74, 6) is 0. The minimum absolute atomic E-state index is 0.563. The zero-order chi connectivity index (χ0) is 11.2. The van der Waals surface area contributed by atoms with Gasteiger partial charge in [-0.3, -0.25) is 0 Å². The van der Waals surface area contributed by atoms with E-state index in [-0.39, 0.29) is 0 Å². The summed E-state index contributed by atoms with van der Waals surface area (Å²) in [4.78, 5) is 1.96. The maximum absolute atomic E-state index is 9.91. The van der Waals surface area contributed by atoms with Crippen LogP contribution < -0.4 is 5.32 Å². The molecule has 0 aliphatic rings. The molecule has 0 aromatic heterocycles. The maximum Gasteiger partial charge on any atom is 0.0869 e. The Morgan fingerprint density at radius 3 is 2.57 bits per heavy atom. The Labute approximate surface area is 91.7 Å². The van der Waals surface area contributed by atoms with E-state index in [1.54, 1.807) is 5.54 Å². The molecule has 0 aliphatic carbocycles. The highest BCUT2D eigenvalue weighted by atomic mass is 35.5. The molecule has 0 saturated carbocycles. The minimum atomic E-state index is -0.698. The fraction of sp³-hybridized carbons (Fsp3) is 0.800. The van der Waals surface area contributed by atoms with Crippen LogP contribution in [-0.2, 0) is 0 Å². The van der Waals surface area contributed by atoms with Crippen molar-refractivity contribution in [1.82, 2.24) is 10.2 Å². The lowest BCUT2D eigenvalue weighted by molar-refractivity contribution is 0.0346. The standard InChI is InChI=1S/C10H21ClN2O/c1-9(5-11)6-12-7-10(2,14)8-13(3)4/h5,12,14H,6-8H2,1-4H3. The molecule has 0 aliphatic heterocycles. The highest BCUT2D eigenvalue weighted by Gasteiger charge is 2.20. The van der Waals surface area contributed by atoms with Crippen molar-refractivity contribution in [2.75, 3.05) is 33.7 Å². The summed E-state index contributed by atoms with van der Waals surface area (Å²) in [6, 6.07) is 0. The predicted molar refractivity (Wildman–Crippen MR) is 61.7 cm³/mol. The van der Waals surface area contributed by atoms with Gasteiger partial charge >= 0.3 is 0 Å². The molecule has 4 heteroatoms. The van der Waals surface area contributed by atoms with Crippen LogP contribution in [0.4, 0.5) is 0 Å². The van der Waals surface area contributed by atoms with Gasteiger partial charge in [0.05, 0.1) is 5.60 Å². The first-order valence-corrected chi connectivity index (χ1v) is 5.15. The first-order valence-electron chi connectivity index (χ1n) is 4.71. The topological polar surface area (TPSA) is 35.5 Å². The molecule has 0 fully saturated rings. The molecule has 0 rings (SSSR count). The van der Waals surface area contributed by atoms with Gasteiger partial charge in [0, 0.05) is 25.2 Å². The van der Waals surface area contributed by atoms with Crippen molar-refractivity contribution in [3.05, 3.63) is 11.1 Å². The molecular weight excluding hydrogens is 200 g/mol. The third-order valence-electron chi connectivity index (χ3n) is 1.75. The Hall–Kier alpha value is -0.0900. The van der Waals surface area contributed by atoms with Crippen molar-refractivity contribution >= 4 is 11.6 Å². The van der Waals surface area contributed by atoms with Gasteiger partial charge < -0.3 is 15.3 Å². The molecule has 0 saturated heterocycles. The fourth-order valence-electron chi connectivity index (χ4n) is 1.30. The summed E-state index contributed by atoms with van der Waals surface area (Å²) in [6.07, 6.45) is 0. The van der Waals surface area contributed by atoms with E-state index in [1.807, 2.05) is 32.8 Å². The molecule has 0 spiro atoms. The average Bonchev–Trinajstić information content (AvgIpc) is 2.01. The molecule has 1 atom stereocenters. The Bertz CT molecular complexity index is 191. The predicted octanol–water partition coefficient (Wildman–Crippen LogP) is 1.03. The largest absolute Gasteiger partial charge is 0.388 e. The fourth-order valence-corrected chi connectivity index (χ4v) is 1.38. The number of nitrogens with zero attached hydrogens (tertiary/aromatic N) is 1. The second-order valence-electron chi connectivity index (χ2n) is 4.29. The average molecular weight is 221 g/mol. The Balaban J connectivity index is 3.76. The molecular formula is C10H21ClN2O. The number of likely N-dealkylation sites (N-methyl/N-ethyl adjacent to an activating group) is 1. The number of nitrogens with one attached hydrogen (secondary N) is 1. The summed E-state index contributed by atoms with van der Waals surface area (Å²) in [5, 5.41) is 13.1. The molecule has 0 heterocycles. The van der Waals surface area contributed by atoms with Crippen LogP contribution in [0.5, 0.6) is 0 Å². The molecule has 0 bridgehead atoms. The van der Waals surface area contributed by atoms with Gasteiger partial charge in [0.2, 0.25) is 0 Å². The van der Waals surface area contributed by atoms with Crippen LogP contribution in [0, 0.1) is 0 Å². The second-order valence-corrected chi connectivity index (χ2v) is 4.51. The van der Waals surface area contributed by atoms with E-state index in [0.717, 1.165) is 5.57 Å². The van der Waals surface area contributed by atoms with E-state index in [9.17, 15) is 5.11 Å². The Morgan fingerprint density at radius 1 is 1.57 bits per heavy atom. The van der Waals surface area contributed by atoms with Crippen molar-refractivity contribution in [1.29, 1.82) is 0 Å². The normalized spacial score (nSPS) is 17.2. The summed E-state index contributed by atoms with van der Waals surface area (Å²) in [5.41, 5.74) is 1.91. The number of hydrogen-bond acceptors (Lipinski definition) is 3. The van der Waals surface area contributed by atoms with E-state index in [1.165, 1.54) is 0 Å². The molecule has 0 amide bonds. The summed E-state index contributed by atoms with van der Waals surface area (Å²) < 4.78 is 0. The summed E-state index contributed by atoms with van der Waals surface area (Å²) in [6.45, 7) is 5.68. The molecule has 0 aromatic carbocycles. The highest BCUT2D eigenvalue weighted by Crippen LogP contribution is 2.03. The van der Waals surface area contributed by atoms with E-state index in [4.69, 9.17) is 11.6 Å². The third-order valence-corrected chi connectivity index (χ3v) is 2.13. The number of aliphatic hydroxyl groups is 1. The van der Waals surface area contributed by atoms with Gasteiger partial charge in [-0.2, -0.15) is 0 Å². The van der Waals surface area contributed by atoms with Gasteiger partial charge in [0.15, 0.2) is 0 Å². The Morgan fingerprint density at radius 2 is 2.14 bits per heavy atom. The second kappa shape index (κ2) is 6.40. The van der Waals surface area contributed by atoms with Crippen LogP contribution in [0.3, 0.4) is 0 Å². The molecule has 0 aromatic rings. The SMILES string of the molecule is CC(=CCl)CNCC(C)(O)CN(C)C. The quantitative estimate of drug-likeness (QED) is 0.702. The lowest BCUT2D eigenvalue weighted by Gasteiger charge is -2.27. The van der Waals surface area contributed by atoms with Crippen LogP contribution in [-0.4, -0.2) is 49.3 Å². The first kappa shape index (κ1) is 13.9. The van der Waals surface area contributed by atoms with Crippen molar-refractivity contribution in [3.63, 3.8) is 0 Å². The van der Waals surface area contributed by atoms with Crippen molar-refractivity contribution < 1.29 is 5.11 Å². The zero-order valence-corrected chi connectivity index (χ0v) is 10.2. The first-order chi connectivity index (χ1) is 6.37. The van der Waals surface area contributed by atoms with Gasteiger partial charge in [0.25, 0.3) is 0 Å². The molecule has 3 nitrogen and oxygen atoms in total. The van der Waals surface area contributed by atoms with Gasteiger partial charge in [-0.05, 0) is 33.5 Å². The molecule has 0 radical (unpaired) electrons. The summed E-state index contributed by atoms with van der Waals surface area (Å²) >= 11 is 5.51. The number of rotatable bonds is 6. The van der Waals surface area contributed by atoms with Gasteiger partial charge in [0.1, 0.15) is 0 Å². The molecule has 14 heavy (non-hydrogen) atoms. The minimum Gasteiger partial charge on any atom is -0.388 e. The van der Waals surface area contributed by atoms with Crippen molar-refractivity contribution in [2.45, 2.75) is 19.4 Å². The van der Waals surface area contributed by atoms with E-state index < -0.39 is 5.60 Å². The number of halogens is 1. The summed E-state index contributed by atoms with van der Waals surface area (Å²) in [7, 11) is 3.89. The molecule has 2 N–H and O–H groups in total. The Kier molecular flexibility index (Phi) is 6.36. The van der Waals surface area contributed by atoms with Crippen LogP contribution in [0.25, 0.3) is 0 Å². The van der Waals surface area contributed by atoms with E-state index in [0.29, 0.717) is 19.6 Å². The molecule has 1 unspecified atom stereocenters. The number of hydrogen-bond donors (Lipinski definition) is 2. The van der Waals surface area contributed by atoms with Crippen LogP contribution in [0.1, 0.15) is 13.8 Å². The highest BCUT2D eigenvalue weighted by molar-refractivity contribution is 6.25. The third kappa shape index (κ3) is 7.33. The lowest BCUT2D eigenvalue weighted by Crippen LogP contribution is -2.45. The maximum atomic E-state index is 9.91. The smallest absolute Gasteiger partial charge is 0.0869 e. The monoisotopic (exact) mass is 220 g/mol. The van der Waals surface area contributed by atoms with E-state index >= 15 is 0 Å². The van der Waals surface area contributed by atoms with Gasteiger partial charge in [-0.25, -0.2) is 0 Å². The van der Waals surface area contributed by atoms with Crippen LogP contribution >= 0.6 is 11.6 Å². The van der Waals surface area contributed by atoms with Crippen LogP contribution in [0.2, 0.25) is 0 Å². The molecule has 84 valence electrons. The van der Waals surface area contributed by atoms with Crippen molar-refractivity contribution in [2.24, 2.45) is 0 Å². The lowest BCUT2D eigenvalue weighted by atomic mass is 10.1.